The van der Waals surface area contributed by atoms with Gasteiger partial charge in [-0.3, -0.25) is 0 Å². The lowest BCUT2D eigenvalue weighted by Crippen LogP contribution is -2.07. The zero-order valence-electron chi connectivity index (χ0n) is 6.54. The highest BCUT2D eigenvalue weighted by Gasteiger charge is 2.14. The summed E-state index contributed by atoms with van der Waals surface area (Å²) in [6, 6.07) is 0. The Kier molecular flexibility index (Phi) is 2.10. The number of allylic oxidation sites excluding steroid dienone is 1. The van der Waals surface area contributed by atoms with E-state index in [0.717, 1.165) is 0 Å². The van der Waals surface area contributed by atoms with Crippen LogP contribution in [-0.4, -0.2) is 6.21 Å². The van der Waals surface area contributed by atoms with Gasteiger partial charge in [-0.1, -0.05) is 20.3 Å². The molecule has 2 heteroatoms. The van der Waals surface area contributed by atoms with Crippen molar-refractivity contribution in [2.75, 3.05) is 0 Å². The van der Waals surface area contributed by atoms with Gasteiger partial charge in [0.1, 0.15) is 5.82 Å². The topological polar surface area (TPSA) is 38.4 Å². The van der Waals surface area contributed by atoms with Gasteiger partial charge in [0.2, 0.25) is 0 Å². The minimum absolute atomic E-state index is 0.477. The Morgan fingerprint density at radius 2 is 2.50 bits per heavy atom. The van der Waals surface area contributed by atoms with E-state index in [4.69, 9.17) is 5.73 Å². The molecule has 0 spiro atoms. The van der Waals surface area contributed by atoms with E-state index in [-0.39, 0.29) is 0 Å². The molecule has 0 aromatic rings. The van der Waals surface area contributed by atoms with Crippen LogP contribution in [0.1, 0.15) is 20.3 Å². The lowest BCUT2D eigenvalue weighted by atomic mass is 9.94. The smallest absolute Gasteiger partial charge is 0.119 e. The molecule has 0 saturated carbocycles. The van der Waals surface area contributed by atoms with Gasteiger partial charge in [-0.2, -0.15) is 0 Å². The number of nitrogens with two attached hydrogens (primary N) is 1. The van der Waals surface area contributed by atoms with Gasteiger partial charge in [-0.05, 0) is 12.0 Å². The summed E-state index contributed by atoms with van der Waals surface area (Å²) in [6.45, 7) is 4.40. The summed E-state index contributed by atoms with van der Waals surface area (Å²) >= 11 is 0. The van der Waals surface area contributed by atoms with Crippen LogP contribution >= 0.6 is 0 Å². The SMILES string of the molecule is CCC(C)C1C=NC(N)=C1. The number of nitrogens with zero attached hydrogens (tertiary/aromatic N) is 1. The summed E-state index contributed by atoms with van der Waals surface area (Å²) < 4.78 is 0. The lowest BCUT2D eigenvalue weighted by molar-refractivity contribution is 0.513. The van der Waals surface area contributed by atoms with Crippen LogP contribution in [-0.2, 0) is 0 Å². The van der Waals surface area contributed by atoms with Crippen molar-refractivity contribution >= 4 is 6.21 Å². The molecule has 10 heavy (non-hydrogen) atoms. The first-order valence-corrected chi connectivity index (χ1v) is 3.75. The van der Waals surface area contributed by atoms with E-state index in [1.165, 1.54) is 6.42 Å². The van der Waals surface area contributed by atoms with Crippen LogP contribution in [0.15, 0.2) is 16.9 Å². The van der Waals surface area contributed by atoms with Gasteiger partial charge < -0.3 is 5.73 Å². The molecule has 1 rings (SSSR count). The van der Waals surface area contributed by atoms with Crippen molar-refractivity contribution in [1.29, 1.82) is 0 Å². The summed E-state index contributed by atoms with van der Waals surface area (Å²) in [7, 11) is 0. The zero-order valence-corrected chi connectivity index (χ0v) is 6.54. The molecule has 1 aliphatic rings. The normalized spacial score (nSPS) is 26.6. The molecule has 1 heterocycles. The molecule has 0 aromatic heterocycles. The maximum Gasteiger partial charge on any atom is 0.119 e. The van der Waals surface area contributed by atoms with Crippen molar-refractivity contribution in [2.24, 2.45) is 22.6 Å². The van der Waals surface area contributed by atoms with Crippen molar-refractivity contribution in [3.63, 3.8) is 0 Å². The lowest BCUT2D eigenvalue weighted by Gasteiger charge is -2.10. The molecule has 0 aliphatic carbocycles. The Morgan fingerprint density at radius 1 is 1.80 bits per heavy atom. The average Bonchev–Trinajstić information content (AvgIpc) is 2.34. The van der Waals surface area contributed by atoms with E-state index < -0.39 is 0 Å². The molecule has 0 aromatic carbocycles. The Morgan fingerprint density at radius 3 is 2.90 bits per heavy atom. The van der Waals surface area contributed by atoms with Gasteiger partial charge in [-0.25, -0.2) is 4.99 Å². The maximum absolute atomic E-state index is 5.48. The largest absolute Gasteiger partial charge is 0.384 e. The van der Waals surface area contributed by atoms with Crippen LogP contribution in [0.4, 0.5) is 0 Å². The second-order valence-corrected chi connectivity index (χ2v) is 2.83. The third-order valence-corrected chi connectivity index (χ3v) is 2.06. The van der Waals surface area contributed by atoms with Crippen molar-refractivity contribution < 1.29 is 0 Å². The van der Waals surface area contributed by atoms with E-state index in [1.54, 1.807) is 0 Å². The fourth-order valence-corrected chi connectivity index (χ4v) is 1.04. The first kappa shape index (κ1) is 7.32. The molecule has 2 nitrogen and oxygen atoms in total. The van der Waals surface area contributed by atoms with Gasteiger partial charge >= 0.3 is 0 Å². The predicted molar refractivity (Wildman–Crippen MR) is 43.7 cm³/mol. The quantitative estimate of drug-likeness (QED) is 0.617. The van der Waals surface area contributed by atoms with E-state index in [2.05, 4.69) is 18.8 Å². The second kappa shape index (κ2) is 2.86. The first-order valence-electron chi connectivity index (χ1n) is 3.75. The third-order valence-electron chi connectivity index (χ3n) is 2.06. The van der Waals surface area contributed by atoms with Crippen molar-refractivity contribution in [1.82, 2.24) is 0 Å². The average molecular weight is 138 g/mol. The molecule has 0 saturated heterocycles. The summed E-state index contributed by atoms with van der Waals surface area (Å²) in [5.41, 5.74) is 5.48. The molecular formula is C8H14N2. The van der Waals surface area contributed by atoms with Crippen LogP contribution in [0.25, 0.3) is 0 Å². The first-order chi connectivity index (χ1) is 4.74. The summed E-state index contributed by atoms with van der Waals surface area (Å²) in [5.74, 6) is 1.82. The summed E-state index contributed by atoms with van der Waals surface area (Å²) in [5, 5.41) is 0. The van der Waals surface area contributed by atoms with Gasteiger partial charge in [0.25, 0.3) is 0 Å². The minimum Gasteiger partial charge on any atom is -0.384 e. The minimum atomic E-state index is 0.477. The Bertz CT molecular complexity index is 170. The highest BCUT2D eigenvalue weighted by molar-refractivity contribution is 5.68. The molecule has 0 fully saturated rings. The number of hydrogen-bond donors (Lipinski definition) is 1. The molecule has 2 N–H and O–H groups in total. The molecule has 1 aliphatic heterocycles. The number of aliphatic imine (C=N–C) groups is 1. The Labute approximate surface area is 61.8 Å². The molecule has 0 bridgehead atoms. The number of rotatable bonds is 2. The molecule has 2 unspecified atom stereocenters. The standard InChI is InChI=1S/C8H14N2/c1-3-6(2)7-4-8(9)10-5-7/h4-7H,3,9H2,1-2H3. The van der Waals surface area contributed by atoms with E-state index in [1.807, 2.05) is 12.3 Å². The van der Waals surface area contributed by atoms with Crippen molar-refractivity contribution in [2.45, 2.75) is 20.3 Å². The number of hydrogen-bond acceptors (Lipinski definition) is 2. The highest BCUT2D eigenvalue weighted by atomic mass is 14.9. The third kappa shape index (κ3) is 1.38. The molecule has 0 amide bonds. The Balaban J connectivity index is 2.53. The van der Waals surface area contributed by atoms with E-state index in [0.29, 0.717) is 17.7 Å². The van der Waals surface area contributed by atoms with Crippen LogP contribution in [0, 0.1) is 11.8 Å². The fraction of sp³-hybridized carbons (Fsp3) is 0.625. The van der Waals surface area contributed by atoms with Crippen LogP contribution in [0.3, 0.4) is 0 Å². The van der Waals surface area contributed by atoms with Crippen LogP contribution in [0.2, 0.25) is 0 Å². The second-order valence-electron chi connectivity index (χ2n) is 2.83. The van der Waals surface area contributed by atoms with Gasteiger partial charge in [0.05, 0.1) is 0 Å². The molecular weight excluding hydrogens is 124 g/mol. The fourth-order valence-electron chi connectivity index (χ4n) is 1.04. The monoisotopic (exact) mass is 138 g/mol. The van der Waals surface area contributed by atoms with Gasteiger partial charge in [-0.15, -0.1) is 0 Å². The summed E-state index contributed by atoms with van der Waals surface area (Å²) in [6.07, 6.45) is 5.14. The summed E-state index contributed by atoms with van der Waals surface area (Å²) in [4.78, 5) is 4.00. The zero-order chi connectivity index (χ0) is 7.56. The van der Waals surface area contributed by atoms with E-state index >= 15 is 0 Å². The molecule has 2 atom stereocenters. The molecule has 0 radical (unpaired) electrons. The van der Waals surface area contributed by atoms with Crippen LogP contribution in [0.5, 0.6) is 0 Å². The molecule has 56 valence electrons. The van der Waals surface area contributed by atoms with E-state index in [9.17, 15) is 0 Å². The van der Waals surface area contributed by atoms with Gasteiger partial charge in [0.15, 0.2) is 0 Å². The predicted octanol–water partition coefficient (Wildman–Crippen LogP) is 1.53. The highest BCUT2D eigenvalue weighted by Crippen LogP contribution is 2.19. The Hall–Kier alpha value is -0.790. The maximum atomic E-state index is 5.48. The van der Waals surface area contributed by atoms with Crippen molar-refractivity contribution in [3.05, 3.63) is 11.9 Å². The van der Waals surface area contributed by atoms with Gasteiger partial charge in [0, 0.05) is 12.1 Å². The van der Waals surface area contributed by atoms with Crippen molar-refractivity contribution in [3.8, 4) is 0 Å². The van der Waals surface area contributed by atoms with Crippen LogP contribution < -0.4 is 5.73 Å².